The molecule has 0 heterocycles. The summed E-state index contributed by atoms with van der Waals surface area (Å²) in [6, 6.07) is 0. The van der Waals surface area contributed by atoms with Crippen molar-refractivity contribution in [2.75, 3.05) is 0 Å². The second-order valence-corrected chi connectivity index (χ2v) is 4.09. The van der Waals surface area contributed by atoms with Crippen LogP contribution >= 0.6 is 0 Å². The van der Waals surface area contributed by atoms with Crippen LogP contribution in [0.1, 0.15) is 34.1 Å². The van der Waals surface area contributed by atoms with Crippen molar-refractivity contribution in [1.29, 1.82) is 0 Å². The molecular formula is C11H18O. The number of hydrogen-bond acceptors (Lipinski definition) is 1. The molecule has 3 atom stereocenters. The van der Waals surface area contributed by atoms with Crippen molar-refractivity contribution in [3.05, 3.63) is 11.1 Å². The zero-order valence-corrected chi connectivity index (χ0v) is 8.42. The maximum Gasteiger partial charge on any atom is 0.123 e. The molecule has 68 valence electrons. The average molecular weight is 166 g/mol. The van der Waals surface area contributed by atoms with Crippen molar-refractivity contribution in [3.63, 3.8) is 0 Å². The van der Waals surface area contributed by atoms with E-state index in [1.807, 2.05) is 0 Å². The standard InChI is InChI=1S/C11H18O/c1-7-5-11(6-12)10(4)9(3)8(7)2/h6-7,10-11H,5H2,1-4H3. The van der Waals surface area contributed by atoms with Crippen molar-refractivity contribution in [2.45, 2.75) is 34.1 Å². The topological polar surface area (TPSA) is 17.1 Å². The van der Waals surface area contributed by atoms with Crippen LogP contribution < -0.4 is 0 Å². The molecule has 0 aromatic carbocycles. The van der Waals surface area contributed by atoms with Gasteiger partial charge in [0.25, 0.3) is 0 Å². The molecule has 0 N–H and O–H groups in total. The third kappa shape index (κ3) is 1.45. The zero-order valence-electron chi connectivity index (χ0n) is 8.42. The monoisotopic (exact) mass is 166 g/mol. The van der Waals surface area contributed by atoms with Crippen LogP contribution in [-0.4, -0.2) is 6.29 Å². The molecule has 1 nitrogen and oxygen atoms in total. The molecule has 0 aliphatic heterocycles. The van der Waals surface area contributed by atoms with Gasteiger partial charge in [-0.25, -0.2) is 0 Å². The SMILES string of the molecule is CC1=C(C)C(C)C(C=O)CC1C. The van der Waals surface area contributed by atoms with Gasteiger partial charge in [-0.1, -0.05) is 25.0 Å². The Morgan fingerprint density at radius 2 is 1.83 bits per heavy atom. The highest BCUT2D eigenvalue weighted by Crippen LogP contribution is 2.36. The quantitative estimate of drug-likeness (QED) is 0.432. The van der Waals surface area contributed by atoms with Gasteiger partial charge in [0, 0.05) is 5.92 Å². The average Bonchev–Trinajstić information content (AvgIpc) is 2.08. The Hall–Kier alpha value is -0.590. The molecule has 0 aromatic heterocycles. The normalized spacial score (nSPS) is 36.8. The van der Waals surface area contributed by atoms with Crippen molar-refractivity contribution in [1.82, 2.24) is 0 Å². The van der Waals surface area contributed by atoms with Gasteiger partial charge in [-0.15, -0.1) is 0 Å². The van der Waals surface area contributed by atoms with Gasteiger partial charge >= 0.3 is 0 Å². The van der Waals surface area contributed by atoms with E-state index in [1.54, 1.807) is 0 Å². The van der Waals surface area contributed by atoms with E-state index in [2.05, 4.69) is 27.7 Å². The van der Waals surface area contributed by atoms with Crippen LogP contribution in [0.4, 0.5) is 0 Å². The number of allylic oxidation sites excluding steroid dienone is 2. The van der Waals surface area contributed by atoms with Gasteiger partial charge in [0.2, 0.25) is 0 Å². The van der Waals surface area contributed by atoms with Crippen LogP contribution in [0.25, 0.3) is 0 Å². The zero-order chi connectivity index (χ0) is 9.30. The molecule has 0 fully saturated rings. The van der Waals surface area contributed by atoms with E-state index in [1.165, 1.54) is 11.1 Å². The van der Waals surface area contributed by atoms with E-state index >= 15 is 0 Å². The Morgan fingerprint density at radius 1 is 1.25 bits per heavy atom. The molecule has 0 bridgehead atoms. The molecule has 0 radical (unpaired) electrons. The van der Waals surface area contributed by atoms with E-state index in [4.69, 9.17) is 0 Å². The first-order chi connectivity index (χ1) is 5.57. The minimum atomic E-state index is 0.253. The van der Waals surface area contributed by atoms with E-state index in [9.17, 15) is 4.79 Å². The summed E-state index contributed by atoms with van der Waals surface area (Å²) in [7, 11) is 0. The molecule has 0 saturated carbocycles. The molecule has 1 aliphatic rings. The predicted octanol–water partition coefficient (Wildman–Crippen LogP) is 2.81. The molecule has 12 heavy (non-hydrogen) atoms. The van der Waals surface area contributed by atoms with Crippen LogP contribution in [0.15, 0.2) is 11.1 Å². The number of hydrogen-bond donors (Lipinski definition) is 0. The largest absolute Gasteiger partial charge is 0.303 e. The summed E-state index contributed by atoms with van der Waals surface area (Å²) >= 11 is 0. The Morgan fingerprint density at radius 3 is 2.33 bits per heavy atom. The summed E-state index contributed by atoms with van der Waals surface area (Å²) in [5.74, 6) is 1.30. The minimum absolute atomic E-state index is 0.253. The predicted molar refractivity (Wildman–Crippen MR) is 50.9 cm³/mol. The second-order valence-electron chi connectivity index (χ2n) is 4.09. The Kier molecular flexibility index (Phi) is 2.71. The summed E-state index contributed by atoms with van der Waals surface area (Å²) in [5, 5.41) is 0. The lowest BCUT2D eigenvalue weighted by atomic mass is 9.73. The Bertz CT molecular complexity index is 215. The van der Waals surface area contributed by atoms with Crippen LogP contribution in [0.3, 0.4) is 0 Å². The first kappa shape index (κ1) is 9.50. The van der Waals surface area contributed by atoms with Gasteiger partial charge in [0.15, 0.2) is 0 Å². The van der Waals surface area contributed by atoms with Crippen LogP contribution in [0.2, 0.25) is 0 Å². The van der Waals surface area contributed by atoms with Crippen LogP contribution in [0.5, 0.6) is 0 Å². The molecule has 0 spiro atoms. The minimum Gasteiger partial charge on any atom is -0.303 e. The van der Waals surface area contributed by atoms with Gasteiger partial charge in [0.05, 0.1) is 0 Å². The van der Waals surface area contributed by atoms with Gasteiger partial charge < -0.3 is 4.79 Å². The molecule has 3 unspecified atom stereocenters. The Labute approximate surface area is 74.9 Å². The molecular weight excluding hydrogens is 148 g/mol. The highest BCUT2D eigenvalue weighted by molar-refractivity contribution is 5.56. The van der Waals surface area contributed by atoms with Gasteiger partial charge in [-0.2, -0.15) is 0 Å². The third-order valence-corrected chi connectivity index (χ3v) is 3.49. The van der Waals surface area contributed by atoms with E-state index in [-0.39, 0.29) is 5.92 Å². The smallest absolute Gasteiger partial charge is 0.123 e. The lowest BCUT2D eigenvalue weighted by Crippen LogP contribution is -2.24. The second kappa shape index (κ2) is 3.42. The first-order valence-electron chi connectivity index (χ1n) is 4.70. The summed E-state index contributed by atoms with van der Waals surface area (Å²) in [6.45, 7) is 8.72. The number of carbonyl (C=O) groups excluding carboxylic acids is 1. The molecule has 0 saturated heterocycles. The molecule has 1 heteroatoms. The van der Waals surface area contributed by atoms with Gasteiger partial charge in [0.1, 0.15) is 6.29 Å². The third-order valence-electron chi connectivity index (χ3n) is 3.49. The van der Waals surface area contributed by atoms with E-state index < -0.39 is 0 Å². The number of aldehydes is 1. The maximum absolute atomic E-state index is 10.7. The highest BCUT2D eigenvalue weighted by atomic mass is 16.1. The summed E-state index contributed by atoms with van der Waals surface area (Å²) < 4.78 is 0. The van der Waals surface area contributed by atoms with Crippen molar-refractivity contribution >= 4 is 6.29 Å². The van der Waals surface area contributed by atoms with Gasteiger partial charge in [-0.05, 0) is 32.1 Å². The molecule has 1 aliphatic carbocycles. The Balaban J connectivity index is 2.92. The highest BCUT2D eigenvalue weighted by Gasteiger charge is 2.27. The summed E-state index contributed by atoms with van der Waals surface area (Å²) in [5.41, 5.74) is 2.91. The lowest BCUT2D eigenvalue weighted by Gasteiger charge is -2.31. The molecule has 0 aromatic rings. The maximum atomic E-state index is 10.7. The first-order valence-corrected chi connectivity index (χ1v) is 4.70. The fourth-order valence-electron chi connectivity index (χ4n) is 2.03. The molecule has 1 rings (SSSR count). The van der Waals surface area contributed by atoms with Crippen LogP contribution in [0, 0.1) is 17.8 Å². The summed E-state index contributed by atoms with van der Waals surface area (Å²) in [6.07, 6.45) is 2.16. The summed E-state index contributed by atoms with van der Waals surface area (Å²) in [4.78, 5) is 10.7. The molecule has 0 amide bonds. The fraction of sp³-hybridized carbons (Fsp3) is 0.727. The van der Waals surface area contributed by atoms with Gasteiger partial charge in [-0.3, -0.25) is 0 Å². The van der Waals surface area contributed by atoms with Crippen molar-refractivity contribution in [3.8, 4) is 0 Å². The lowest BCUT2D eigenvalue weighted by molar-refractivity contribution is -0.112. The fourth-order valence-corrected chi connectivity index (χ4v) is 2.03. The van der Waals surface area contributed by atoms with Crippen LogP contribution in [-0.2, 0) is 4.79 Å². The van der Waals surface area contributed by atoms with Crippen molar-refractivity contribution in [2.24, 2.45) is 17.8 Å². The number of carbonyl (C=O) groups is 1. The van der Waals surface area contributed by atoms with E-state index in [0.29, 0.717) is 11.8 Å². The number of rotatable bonds is 1. The van der Waals surface area contributed by atoms with E-state index in [0.717, 1.165) is 12.7 Å². The van der Waals surface area contributed by atoms with Crippen molar-refractivity contribution < 1.29 is 4.79 Å².